The fraction of sp³-hybridized carbons (Fsp3) is 0.111. The molecule has 7 heteroatoms. The van der Waals surface area contributed by atoms with Crippen LogP contribution in [-0.2, 0) is 6.18 Å². The molecule has 2 nitrogen and oxygen atoms in total. The molecule has 2 N–H and O–H groups in total. The fourth-order valence-electron chi connectivity index (χ4n) is 2.40. The highest BCUT2D eigenvalue weighted by Crippen LogP contribution is 2.35. The molecule has 0 fully saturated rings. The van der Waals surface area contributed by atoms with Gasteiger partial charge in [0.25, 0.3) is 0 Å². The van der Waals surface area contributed by atoms with E-state index in [0.717, 1.165) is 34.2 Å². The number of H-pyrrole nitrogens is 1. The number of benzene rings is 2. The summed E-state index contributed by atoms with van der Waals surface area (Å²) in [5.41, 5.74) is 0.919. The van der Waals surface area contributed by atoms with Crippen molar-refractivity contribution in [3.63, 3.8) is 0 Å². The van der Waals surface area contributed by atoms with E-state index in [0.29, 0.717) is 6.07 Å². The van der Waals surface area contributed by atoms with Gasteiger partial charge in [-0.2, -0.15) is 13.2 Å². The molecule has 3 aromatic rings. The Kier molecular flexibility index (Phi) is 4.76. The highest BCUT2D eigenvalue weighted by Gasteiger charge is 2.33. The summed E-state index contributed by atoms with van der Waals surface area (Å²) in [5.74, 6) is -0.941. The molecule has 25 heavy (non-hydrogen) atoms. The van der Waals surface area contributed by atoms with Crippen LogP contribution < -0.4 is 4.72 Å². The lowest BCUT2D eigenvalue weighted by molar-refractivity contribution is -0.138. The number of alkyl halides is 3. The summed E-state index contributed by atoms with van der Waals surface area (Å²) in [6.45, 7) is 1.31. The standard InChI is InChI=1S/C18H14F4N2S/c1-11-7-17(15(19)9-14(11)18(20,21)22)24-25-13-8-16(23-10-13)12-5-3-2-4-6-12/h2-10,23-24H,1H3. The zero-order valence-corrected chi connectivity index (χ0v) is 13.9. The maximum atomic E-state index is 13.9. The topological polar surface area (TPSA) is 27.8 Å². The Morgan fingerprint density at radius 2 is 1.76 bits per heavy atom. The second kappa shape index (κ2) is 6.84. The van der Waals surface area contributed by atoms with E-state index in [9.17, 15) is 17.6 Å². The lowest BCUT2D eigenvalue weighted by atomic mass is 10.1. The van der Waals surface area contributed by atoms with Gasteiger partial charge >= 0.3 is 6.18 Å². The van der Waals surface area contributed by atoms with Gasteiger partial charge in [0.15, 0.2) is 0 Å². The number of halogens is 4. The number of rotatable bonds is 4. The van der Waals surface area contributed by atoms with Crippen LogP contribution >= 0.6 is 11.9 Å². The largest absolute Gasteiger partial charge is 0.416 e. The van der Waals surface area contributed by atoms with Crippen LogP contribution in [0.25, 0.3) is 11.3 Å². The number of aryl methyl sites for hydroxylation is 1. The van der Waals surface area contributed by atoms with Crippen molar-refractivity contribution in [3.8, 4) is 11.3 Å². The van der Waals surface area contributed by atoms with E-state index in [1.807, 2.05) is 36.4 Å². The Labute approximate surface area is 146 Å². The number of anilines is 1. The Hall–Kier alpha value is -2.41. The van der Waals surface area contributed by atoms with Crippen molar-refractivity contribution < 1.29 is 17.6 Å². The minimum absolute atomic E-state index is 0.0120. The first kappa shape index (κ1) is 17.4. The first-order chi connectivity index (χ1) is 11.8. The Morgan fingerprint density at radius 3 is 2.44 bits per heavy atom. The lowest BCUT2D eigenvalue weighted by Crippen LogP contribution is -2.08. The molecule has 0 spiro atoms. The molecule has 130 valence electrons. The van der Waals surface area contributed by atoms with Crippen LogP contribution in [0, 0.1) is 12.7 Å². The monoisotopic (exact) mass is 366 g/mol. The predicted molar refractivity (Wildman–Crippen MR) is 91.8 cm³/mol. The normalized spacial score (nSPS) is 11.6. The molecule has 0 aliphatic carbocycles. The number of hydrogen-bond acceptors (Lipinski definition) is 2. The molecule has 0 aliphatic heterocycles. The molecule has 1 aromatic heterocycles. The number of hydrogen-bond donors (Lipinski definition) is 2. The average molecular weight is 366 g/mol. The number of aromatic nitrogens is 1. The van der Waals surface area contributed by atoms with Gasteiger partial charge in [0.2, 0.25) is 0 Å². The van der Waals surface area contributed by atoms with Gasteiger partial charge in [-0.05, 0) is 48.2 Å². The van der Waals surface area contributed by atoms with Crippen LogP contribution in [0.2, 0.25) is 0 Å². The molecule has 0 amide bonds. The molecule has 0 unspecified atom stereocenters. The van der Waals surface area contributed by atoms with Gasteiger partial charge in [-0.25, -0.2) is 4.39 Å². The van der Waals surface area contributed by atoms with Crippen molar-refractivity contribution in [1.29, 1.82) is 0 Å². The molecular formula is C18H14F4N2S. The molecule has 2 aromatic carbocycles. The summed E-state index contributed by atoms with van der Waals surface area (Å²) in [6.07, 6.45) is -2.82. The van der Waals surface area contributed by atoms with Crippen LogP contribution in [0.5, 0.6) is 0 Å². The first-order valence-electron chi connectivity index (χ1n) is 7.38. The van der Waals surface area contributed by atoms with Crippen LogP contribution in [0.1, 0.15) is 11.1 Å². The predicted octanol–water partition coefficient (Wildman–Crippen LogP) is 6.27. The molecule has 0 atom stereocenters. The van der Waals surface area contributed by atoms with Gasteiger partial charge < -0.3 is 9.71 Å². The fourth-order valence-corrected chi connectivity index (χ4v) is 3.08. The minimum atomic E-state index is -4.57. The number of nitrogens with one attached hydrogen (secondary N) is 2. The Morgan fingerprint density at radius 1 is 1.04 bits per heavy atom. The molecule has 3 rings (SSSR count). The molecule has 0 saturated heterocycles. The molecule has 0 radical (unpaired) electrons. The molecule has 0 aliphatic rings. The summed E-state index contributed by atoms with van der Waals surface area (Å²) in [6, 6.07) is 13.2. The van der Waals surface area contributed by atoms with Crippen molar-refractivity contribution in [2.75, 3.05) is 4.72 Å². The average Bonchev–Trinajstić information content (AvgIpc) is 3.04. The zero-order valence-electron chi connectivity index (χ0n) is 13.1. The van der Waals surface area contributed by atoms with Crippen molar-refractivity contribution in [1.82, 2.24) is 4.98 Å². The highest BCUT2D eigenvalue weighted by molar-refractivity contribution is 8.00. The van der Waals surface area contributed by atoms with Gasteiger partial charge in [0.05, 0.1) is 11.3 Å². The summed E-state index contributed by atoms with van der Waals surface area (Å²) in [5, 5.41) is 0. The van der Waals surface area contributed by atoms with Gasteiger partial charge in [-0.1, -0.05) is 30.3 Å². The van der Waals surface area contributed by atoms with Crippen LogP contribution in [0.4, 0.5) is 23.2 Å². The summed E-state index contributed by atoms with van der Waals surface area (Å²) in [4.78, 5) is 3.90. The second-order valence-electron chi connectivity index (χ2n) is 5.46. The number of aromatic amines is 1. The SMILES string of the molecule is Cc1cc(NSc2c[nH]c(-c3ccccc3)c2)c(F)cc1C(F)(F)F. The minimum Gasteiger partial charge on any atom is -0.360 e. The summed E-state index contributed by atoms with van der Waals surface area (Å²) < 4.78 is 55.1. The first-order valence-corrected chi connectivity index (χ1v) is 8.20. The zero-order chi connectivity index (χ0) is 18.0. The molecular weight excluding hydrogens is 352 g/mol. The molecule has 0 bridgehead atoms. The van der Waals surface area contributed by atoms with Gasteiger partial charge in [-0.15, -0.1) is 0 Å². The Balaban J connectivity index is 1.74. The van der Waals surface area contributed by atoms with E-state index in [1.165, 1.54) is 6.92 Å². The van der Waals surface area contributed by atoms with E-state index >= 15 is 0 Å². The summed E-state index contributed by atoms with van der Waals surface area (Å²) in [7, 11) is 0. The second-order valence-corrected chi connectivity index (χ2v) is 6.34. The van der Waals surface area contributed by atoms with Gasteiger partial charge in [-0.3, -0.25) is 0 Å². The maximum Gasteiger partial charge on any atom is 0.416 e. The summed E-state index contributed by atoms with van der Waals surface area (Å²) >= 11 is 1.12. The highest BCUT2D eigenvalue weighted by atomic mass is 32.2. The van der Waals surface area contributed by atoms with Crippen LogP contribution in [0.3, 0.4) is 0 Å². The van der Waals surface area contributed by atoms with E-state index < -0.39 is 17.6 Å². The van der Waals surface area contributed by atoms with Crippen molar-refractivity contribution >= 4 is 17.6 Å². The quantitative estimate of drug-likeness (QED) is 0.421. The van der Waals surface area contributed by atoms with Crippen molar-refractivity contribution in [2.45, 2.75) is 18.0 Å². The smallest absolute Gasteiger partial charge is 0.360 e. The van der Waals surface area contributed by atoms with Crippen molar-refractivity contribution in [3.05, 3.63) is 71.7 Å². The van der Waals surface area contributed by atoms with Gasteiger partial charge in [0.1, 0.15) is 5.82 Å². The van der Waals surface area contributed by atoms with E-state index in [2.05, 4.69) is 9.71 Å². The third-order valence-corrected chi connectivity index (χ3v) is 4.43. The van der Waals surface area contributed by atoms with Crippen LogP contribution in [-0.4, -0.2) is 4.98 Å². The third kappa shape index (κ3) is 3.99. The molecule has 1 heterocycles. The van der Waals surface area contributed by atoms with E-state index in [-0.39, 0.29) is 11.3 Å². The van der Waals surface area contributed by atoms with E-state index in [4.69, 9.17) is 0 Å². The van der Waals surface area contributed by atoms with Crippen LogP contribution in [0.15, 0.2) is 59.6 Å². The van der Waals surface area contributed by atoms with Crippen molar-refractivity contribution in [2.24, 2.45) is 0 Å². The maximum absolute atomic E-state index is 13.9. The third-order valence-electron chi connectivity index (χ3n) is 3.64. The van der Waals surface area contributed by atoms with E-state index in [1.54, 1.807) is 6.20 Å². The Bertz CT molecular complexity index is 873. The lowest BCUT2D eigenvalue weighted by Gasteiger charge is -2.13. The van der Waals surface area contributed by atoms with Gasteiger partial charge in [0, 0.05) is 16.8 Å². The molecule has 0 saturated carbocycles.